The first-order valence-electron chi connectivity index (χ1n) is 10.1. The number of anilines is 1. The molecule has 2 heterocycles. The molecule has 31 heavy (non-hydrogen) atoms. The van der Waals surface area contributed by atoms with Crippen molar-refractivity contribution in [2.45, 2.75) is 26.0 Å². The molecule has 0 aliphatic carbocycles. The quantitative estimate of drug-likeness (QED) is 0.565. The van der Waals surface area contributed by atoms with Crippen molar-refractivity contribution in [3.8, 4) is 11.1 Å². The van der Waals surface area contributed by atoms with E-state index in [9.17, 15) is 9.90 Å². The average molecular weight is 439 g/mol. The van der Waals surface area contributed by atoms with Crippen LogP contribution >= 0.6 is 11.6 Å². The number of rotatable bonds is 6. The molecule has 0 spiro atoms. The zero-order chi connectivity index (χ0) is 21.8. The van der Waals surface area contributed by atoms with Crippen LogP contribution in [0.3, 0.4) is 0 Å². The molecule has 1 aliphatic heterocycles. The molecule has 0 saturated carbocycles. The number of carbonyl (C=O) groups excluding carboxylic acids is 1. The summed E-state index contributed by atoms with van der Waals surface area (Å²) < 4.78 is 7.15. The minimum atomic E-state index is -0.732. The van der Waals surface area contributed by atoms with Gasteiger partial charge in [-0.2, -0.15) is 0 Å². The highest BCUT2D eigenvalue weighted by Crippen LogP contribution is 2.27. The van der Waals surface area contributed by atoms with E-state index in [4.69, 9.17) is 16.3 Å². The zero-order valence-electron chi connectivity index (χ0n) is 17.1. The Morgan fingerprint density at radius 2 is 2.16 bits per heavy atom. The Morgan fingerprint density at radius 1 is 1.29 bits per heavy atom. The van der Waals surface area contributed by atoms with Crippen LogP contribution in [-0.2, 0) is 17.7 Å². The van der Waals surface area contributed by atoms with E-state index in [-0.39, 0.29) is 12.5 Å². The molecule has 8 heteroatoms. The number of esters is 1. The van der Waals surface area contributed by atoms with Crippen molar-refractivity contribution in [3.63, 3.8) is 0 Å². The standard InChI is InChI=1S/C23H23ClN4O3/c1-2-31-23(30)18-9-15(8-17(10-18)16-4-3-5-19(24)11-16)6-7-28-14-27-21-20(29)12-25-13-26-22(21)28/h3-5,8-11,13-14,20,29H,2,6-7,12H2,1H3,(H,25,26). The van der Waals surface area contributed by atoms with Crippen LogP contribution in [0.5, 0.6) is 0 Å². The van der Waals surface area contributed by atoms with Crippen LogP contribution in [-0.4, -0.2) is 40.1 Å². The molecule has 1 aliphatic rings. The van der Waals surface area contributed by atoms with Crippen molar-refractivity contribution in [2.75, 3.05) is 18.5 Å². The van der Waals surface area contributed by atoms with E-state index >= 15 is 0 Å². The van der Waals surface area contributed by atoms with Gasteiger partial charge >= 0.3 is 5.97 Å². The van der Waals surface area contributed by atoms with E-state index in [2.05, 4.69) is 15.3 Å². The van der Waals surface area contributed by atoms with Crippen LogP contribution in [0.15, 0.2) is 53.8 Å². The lowest BCUT2D eigenvalue weighted by atomic mass is 9.98. The molecule has 160 valence electrons. The first-order valence-corrected chi connectivity index (χ1v) is 10.5. The summed E-state index contributed by atoms with van der Waals surface area (Å²) in [5.74, 6) is 0.371. The molecular formula is C23H23ClN4O3. The molecule has 0 saturated heterocycles. The van der Waals surface area contributed by atoms with Gasteiger partial charge in [0.1, 0.15) is 17.6 Å². The maximum atomic E-state index is 12.4. The number of imidazole rings is 1. The number of aliphatic hydroxyl groups is 1. The van der Waals surface area contributed by atoms with E-state index < -0.39 is 6.10 Å². The minimum absolute atomic E-state index is 0.279. The van der Waals surface area contributed by atoms with Gasteiger partial charge in [0.2, 0.25) is 0 Å². The van der Waals surface area contributed by atoms with Crippen LogP contribution in [0.2, 0.25) is 5.02 Å². The summed E-state index contributed by atoms with van der Waals surface area (Å²) in [6, 6.07) is 13.3. The molecule has 1 aromatic heterocycles. The van der Waals surface area contributed by atoms with Crippen LogP contribution in [0.25, 0.3) is 11.1 Å². The molecule has 0 radical (unpaired) electrons. The maximum absolute atomic E-state index is 12.4. The van der Waals surface area contributed by atoms with Crippen LogP contribution < -0.4 is 5.32 Å². The van der Waals surface area contributed by atoms with Crippen molar-refractivity contribution in [1.82, 2.24) is 9.55 Å². The maximum Gasteiger partial charge on any atom is 0.338 e. The fraction of sp³-hybridized carbons (Fsp3) is 0.261. The number of hydrogen-bond donors (Lipinski definition) is 2. The molecule has 0 amide bonds. The fourth-order valence-corrected chi connectivity index (χ4v) is 3.76. The summed E-state index contributed by atoms with van der Waals surface area (Å²) in [6.07, 6.45) is 3.20. The van der Waals surface area contributed by atoms with Gasteiger partial charge in [0.15, 0.2) is 0 Å². The van der Waals surface area contributed by atoms with Gasteiger partial charge in [-0.15, -0.1) is 0 Å². The number of hydrogen-bond acceptors (Lipinski definition) is 6. The lowest BCUT2D eigenvalue weighted by molar-refractivity contribution is 0.0526. The Balaban J connectivity index is 1.63. The minimum Gasteiger partial charge on any atom is -0.462 e. The molecule has 4 rings (SSSR count). The number of carbonyl (C=O) groups is 1. The lowest BCUT2D eigenvalue weighted by Crippen LogP contribution is -2.09. The van der Waals surface area contributed by atoms with Crippen molar-refractivity contribution >= 4 is 29.7 Å². The number of aryl methyl sites for hydroxylation is 2. The Kier molecular flexibility index (Phi) is 6.34. The van der Waals surface area contributed by atoms with Crippen molar-refractivity contribution in [2.24, 2.45) is 4.99 Å². The summed E-state index contributed by atoms with van der Waals surface area (Å²) in [7, 11) is 0. The summed E-state index contributed by atoms with van der Waals surface area (Å²) >= 11 is 6.17. The topological polar surface area (TPSA) is 88.7 Å². The molecular weight excluding hydrogens is 416 g/mol. The average Bonchev–Trinajstić information content (AvgIpc) is 3.08. The van der Waals surface area contributed by atoms with Gasteiger partial charge in [-0.05, 0) is 54.3 Å². The summed E-state index contributed by atoms with van der Waals surface area (Å²) in [5.41, 5.74) is 3.88. The highest BCUT2D eigenvalue weighted by atomic mass is 35.5. The number of benzene rings is 2. The van der Waals surface area contributed by atoms with Crippen LogP contribution in [0, 0.1) is 0 Å². The van der Waals surface area contributed by atoms with Gasteiger partial charge in [-0.1, -0.05) is 29.8 Å². The molecule has 0 bridgehead atoms. The van der Waals surface area contributed by atoms with E-state index in [1.54, 1.807) is 19.6 Å². The fourth-order valence-electron chi connectivity index (χ4n) is 3.57. The third-order valence-corrected chi connectivity index (χ3v) is 5.29. The number of aliphatic hydroxyl groups excluding tert-OH is 1. The Labute approximate surface area is 185 Å². The molecule has 2 aromatic carbocycles. The molecule has 1 unspecified atom stereocenters. The number of aliphatic imine (C=N–C) groups is 1. The van der Waals surface area contributed by atoms with Crippen molar-refractivity contribution < 1.29 is 14.6 Å². The van der Waals surface area contributed by atoms with Gasteiger partial charge in [-0.3, -0.25) is 4.99 Å². The van der Waals surface area contributed by atoms with Gasteiger partial charge in [0.25, 0.3) is 0 Å². The first kappa shape index (κ1) is 21.1. The number of ether oxygens (including phenoxy) is 1. The monoisotopic (exact) mass is 438 g/mol. The number of fused-ring (bicyclic) bond motifs is 1. The summed E-state index contributed by atoms with van der Waals surface area (Å²) in [6.45, 7) is 2.99. The number of aromatic nitrogens is 2. The third kappa shape index (κ3) is 4.78. The molecule has 0 fully saturated rings. The SMILES string of the molecule is CCOC(=O)c1cc(CCn2cnc3c2NC=NCC3O)cc(-c2cccc(Cl)c2)c1. The van der Waals surface area contributed by atoms with E-state index in [1.165, 1.54) is 0 Å². The smallest absolute Gasteiger partial charge is 0.338 e. The van der Waals surface area contributed by atoms with E-state index in [1.807, 2.05) is 47.0 Å². The van der Waals surface area contributed by atoms with Crippen LogP contribution in [0.1, 0.15) is 34.6 Å². The van der Waals surface area contributed by atoms with E-state index in [0.717, 1.165) is 22.5 Å². The predicted molar refractivity (Wildman–Crippen MR) is 121 cm³/mol. The highest BCUT2D eigenvalue weighted by Gasteiger charge is 2.20. The second kappa shape index (κ2) is 9.32. The zero-order valence-corrected chi connectivity index (χ0v) is 17.8. The van der Waals surface area contributed by atoms with E-state index in [0.29, 0.717) is 35.9 Å². The molecule has 3 aromatic rings. The summed E-state index contributed by atoms with van der Waals surface area (Å²) in [5, 5.41) is 13.9. The highest BCUT2D eigenvalue weighted by molar-refractivity contribution is 6.30. The molecule has 7 nitrogen and oxygen atoms in total. The second-order valence-corrected chi connectivity index (χ2v) is 7.66. The number of halogens is 1. The van der Waals surface area contributed by atoms with Gasteiger partial charge in [-0.25, -0.2) is 9.78 Å². The Bertz CT molecular complexity index is 1130. The normalized spacial score (nSPS) is 15.1. The molecule has 2 N–H and O–H groups in total. The Morgan fingerprint density at radius 3 is 2.97 bits per heavy atom. The second-order valence-electron chi connectivity index (χ2n) is 7.23. The summed E-state index contributed by atoms with van der Waals surface area (Å²) in [4.78, 5) is 20.9. The third-order valence-electron chi connectivity index (χ3n) is 5.06. The first-order chi connectivity index (χ1) is 15.0. The van der Waals surface area contributed by atoms with Gasteiger partial charge < -0.3 is 19.7 Å². The lowest BCUT2D eigenvalue weighted by Gasteiger charge is -2.12. The Hall–Kier alpha value is -3.16. The largest absolute Gasteiger partial charge is 0.462 e. The van der Waals surface area contributed by atoms with Crippen LogP contribution in [0.4, 0.5) is 5.82 Å². The van der Waals surface area contributed by atoms with Crippen molar-refractivity contribution in [3.05, 3.63) is 70.6 Å². The molecule has 1 atom stereocenters. The van der Waals surface area contributed by atoms with Crippen molar-refractivity contribution in [1.29, 1.82) is 0 Å². The number of nitrogens with zero attached hydrogens (tertiary/aromatic N) is 3. The predicted octanol–water partition coefficient (Wildman–Crippen LogP) is 4.11. The van der Waals surface area contributed by atoms with Gasteiger partial charge in [0.05, 0.1) is 31.4 Å². The number of nitrogens with one attached hydrogen (secondary N) is 1. The van der Waals surface area contributed by atoms with Gasteiger partial charge in [0, 0.05) is 11.6 Å².